The van der Waals surface area contributed by atoms with Gasteiger partial charge in [-0.3, -0.25) is 0 Å². The quantitative estimate of drug-likeness (QED) is 0.490. The Bertz CT molecular complexity index is 13.5. The zero-order chi connectivity index (χ0) is 2.00. The predicted octanol–water partition coefficient (Wildman–Crippen LogP) is -1.46. The van der Waals surface area contributed by atoms with Crippen molar-refractivity contribution in [2.45, 2.75) is 0 Å². The van der Waals surface area contributed by atoms with Crippen LogP contribution >= 0.6 is 0 Å². The molecule has 0 radical (unpaired) electrons. The predicted molar refractivity (Wildman–Crippen MR) is 18.6 cm³/mol. The van der Waals surface area contributed by atoms with Crippen LogP contribution in [0.5, 0.6) is 0 Å². The standard InChI is InChI=1S/Bi.Mg.Nb.O.5H/q;+2;;;;;;2*-1. The molecule has 0 saturated carbocycles. The maximum atomic E-state index is 8.30. The molecule has 0 fully saturated rings. The van der Waals surface area contributed by atoms with Crippen molar-refractivity contribution in [1.82, 2.24) is 0 Å². The third-order valence-electron chi connectivity index (χ3n) is 0. The Hall–Kier alpha value is 2.19. The molecule has 0 aliphatic rings. The van der Waals surface area contributed by atoms with Gasteiger partial charge in [-0.2, -0.15) is 0 Å². The summed E-state index contributed by atoms with van der Waals surface area (Å²) in [5, 5.41) is 0. The van der Waals surface area contributed by atoms with E-state index in [0.29, 0.717) is 21.0 Å². The van der Waals surface area contributed by atoms with Crippen molar-refractivity contribution < 1.29 is 27.1 Å². The van der Waals surface area contributed by atoms with Crippen molar-refractivity contribution >= 4 is 49.3 Å². The van der Waals surface area contributed by atoms with Crippen LogP contribution in [0.4, 0.5) is 0 Å². The first kappa shape index (κ1) is 16.4. The van der Waals surface area contributed by atoms with Gasteiger partial charge in [0.15, 0.2) is 0 Å². The summed E-state index contributed by atoms with van der Waals surface area (Å²) in [6.07, 6.45) is 0. The summed E-state index contributed by atoms with van der Waals surface area (Å²) in [5.74, 6) is 0. The fourth-order valence-corrected chi connectivity index (χ4v) is 0. The molecule has 0 heterocycles. The second kappa shape index (κ2) is 19.0. The Balaban J connectivity index is -0.000000000833. The molecule has 4 heteroatoms. The SMILES string of the molecule is [BiH3].[H-].[H-].[Mg+2].[O]=[Nb]. The Kier molecular flexibility index (Phi) is 77.8. The van der Waals surface area contributed by atoms with Gasteiger partial charge >= 0.3 is 73.5 Å². The van der Waals surface area contributed by atoms with Gasteiger partial charge in [0.1, 0.15) is 0 Å². The Morgan fingerprint density at radius 2 is 1.50 bits per heavy atom. The van der Waals surface area contributed by atoms with Gasteiger partial charge in [0.2, 0.25) is 0 Å². The Morgan fingerprint density at radius 3 is 1.50 bits per heavy atom. The summed E-state index contributed by atoms with van der Waals surface area (Å²) in [4.78, 5) is 0. The summed E-state index contributed by atoms with van der Waals surface area (Å²) in [6.45, 7) is 0. The number of rotatable bonds is 0. The van der Waals surface area contributed by atoms with E-state index in [9.17, 15) is 0 Å². The molecule has 0 aromatic carbocycles. The van der Waals surface area contributed by atoms with Crippen molar-refractivity contribution in [2.75, 3.05) is 0 Å². The van der Waals surface area contributed by atoms with E-state index in [1.807, 2.05) is 0 Å². The van der Waals surface area contributed by atoms with E-state index in [0.717, 1.165) is 0 Å². The molecule has 0 atom stereocenters. The van der Waals surface area contributed by atoms with Gasteiger partial charge in [-0.15, -0.1) is 0 Å². The maximum absolute atomic E-state index is 8.30. The van der Waals surface area contributed by atoms with Crippen LogP contribution in [0.2, 0.25) is 0 Å². The average Bonchev–Trinajstić information content (AvgIpc) is 1.00. The van der Waals surface area contributed by atoms with Crippen LogP contribution in [-0.2, 0) is 24.3 Å². The van der Waals surface area contributed by atoms with Gasteiger partial charge in [-0.05, 0) is 0 Å². The average molecular weight is 347 g/mol. The molecule has 4 heavy (non-hydrogen) atoms. The van der Waals surface area contributed by atoms with E-state index in [-0.39, 0.29) is 52.1 Å². The van der Waals surface area contributed by atoms with E-state index in [4.69, 9.17) is 3.25 Å². The van der Waals surface area contributed by atoms with Crippen LogP contribution in [0.1, 0.15) is 2.85 Å². The van der Waals surface area contributed by atoms with E-state index in [2.05, 4.69) is 0 Å². The molecule has 0 bridgehead atoms. The van der Waals surface area contributed by atoms with Crippen LogP contribution < -0.4 is 0 Å². The first-order chi connectivity index (χ1) is 1.00. The van der Waals surface area contributed by atoms with E-state index >= 15 is 0 Å². The van der Waals surface area contributed by atoms with Gasteiger partial charge in [-0.1, -0.05) is 0 Å². The monoisotopic (exact) mass is 347 g/mol. The van der Waals surface area contributed by atoms with E-state index in [1.165, 1.54) is 0 Å². The van der Waals surface area contributed by atoms with E-state index in [1.54, 1.807) is 0 Å². The molecule has 0 N–H and O–H groups in total. The fourth-order valence-electron chi connectivity index (χ4n) is 0. The number of hydrogen-bond acceptors (Lipinski definition) is 1. The van der Waals surface area contributed by atoms with Crippen LogP contribution in [0.3, 0.4) is 0 Å². The molecule has 1 nitrogen and oxygen atoms in total. The summed E-state index contributed by atoms with van der Waals surface area (Å²) in [6, 6.07) is 0. The third-order valence-corrected chi connectivity index (χ3v) is 0. The second-order valence-electron chi connectivity index (χ2n) is 0. The zero-order valence-electron chi connectivity index (χ0n) is 4.27. The molecular weight excluding hydrogens is 342 g/mol. The number of hydrogen-bond donors (Lipinski definition) is 0. The molecule has 0 aliphatic carbocycles. The van der Waals surface area contributed by atoms with Crippen molar-refractivity contribution in [2.24, 2.45) is 0 Å². The topological polar surface area (TPSA) is 17.1 Å². The van der Waals surface area contributed by atoms with Crippen LogP contribution in [0.15, 0.2) is 0 Å². The van der Waals surface area contributed by atoms with E-state index < -0.39 is 0 Å². The molecule has 0 aromatic heterocycles. The summed E-state index contributed by atoms with van der Waals surface area (Å²) >= 11 is 0.500. The summed E-state index contributed by atoms with van der Waals surface area (Å²) in [7, 11) is 0. The molecular formula is H5BiMgNbO. The van der Waals surface area contributed by atoms with Crippen molar-refractivity contribution in [3.05, 3.63) is 0 Å². The molecule has 0 unspecified atom stereocenters. The molecule has 0 aliphatic heterocycles. The van der Waals surface area contributed by atoms with Gasteiger partial charge in [0.05, 0.1) is 0 Å². The minimum atomic E-state index is 0. The van der Waals surface area contributed by atoms with Gasteiger partial charge in [-0.25, -0.2) is 0 Å². The third kappa shape index (κ3) is 8.89. The molecule has 0 saturated heterocycles. The van der Waals surface area contributed by atoms with Gasteiger partial charge < -0.3 is 2.85 Å². The minimum absolute atomic E-state index is 0. The van der Waals surface area contributed by atoms with Crippen LogP contribution in [0.25, 0.3) is 0 Å². The Labute approximate surface area is 75.4 Å². The molecule has 0 spiro atoms. The second-order valence-corrected chi connectivity index (χ2v) is 0. The Morgan fingerprint density at radius 1 is 1.50 bits per heavy atom. The van der Waals surface area contributed by atoms with Crippen LogP contribution in [0, 0.1) is 0 Å². The fraction of sp³-hybridized carbons (Fsp3) is 0. The first-order valence-corrected chi connectivity index (χ1v) is 1.08. The van der Waals surface area contributed by atoms with Crippen molar-refractivity contribution in [1.29, 1.82) is 0 Å². The molecule has 0 aromatic rings. The van der Waals surface area contributed by atoms with Crippen molar-refractivity contribution in [3.63, 3.8) is 0 Å². The van der Waals surface area contributed by atoms with Crippen molar-refractivity contribution in [3.8, 4) is 0 Å². The summed E-state index contributed by atoms with van der Waals surface area (Å²) in [5.41, 5.74) is 0. The zero-order valence-corrected chi connectivity index (χ0v) is 11.4. The van der Waals surface area contributed by atoms with Gasteiger partial charge in [0.25, 0.3) is 0 Å². The van der Waals surface area contributed by atoms with Crippen LogP contribution in [-0.4, -0.2) is 49.3 Å². The molecule has 23 valence electrons. The normalized spacial score (nSPS) is 0.750. The summed E-state index contributed by atoms with van der Waals surface area (Å²) < 4.78 is 8.30. The van der Waals surface area contributed by atoms with Gasteiger partial charge in [0, 0.05) is 0 Å². The first-order valence-electron chi connectivity index (χ1n) is 0.183. The molecule has 0 amide bonds. The molecule has 0 rings (SSSR count).